The predicted octanol–water partition coefficient (Wildman–Crippen LogP) is 3.63. The molecule has 21 heavy (non-hydrogen) atoms. The monoisotopic (exact) mass is 295 g/mol. The van der Waals surface area contributed by atoms with E-state index in [0.29, 0.717) is 18.3 Å². The highest BCUT2D eigenvalue weighted by Crippen LogP contribution is 2.38. The lowest BCUT2D eigenvalue weighted by Gasteiger charge is -2.16. The van der Waals surface area contributed by atoms with Crippen LogP contribution in [0.25, 0.3) is 0 Å². The van der Waals surface area contributed by atoms with Crippen LogP contribution in [0.3, 0.4) is 0 Å². The maximum absolute atomic E-state index is 5.82. The van der Waals surface area contributed by atoms with E-state index >= 15 is 0 Å². The number of methoxy groups -OCH3 is 2. The van der Waals surface area contributed by atoms with Gasteiger partial charge in [0.2, 0.25) is 5.75 Å². The van der Waals surface area contributed by atoms with Crippen LogP contribution in [0.1, 0.15) is 39.2 Å². The first kappa shape index (κ1) is 17.6. The number of hydrogen-bond acceptors (Lipinski definition) is 4. The van der Waals surface area contributed by atoms with Crippen LogP contribution in [-0.2, 0) is 6.54 Å². The summed E-state index contributed by atoms with van der Waals surface area (Å²) in [6.45, 7) is 8.98. The molecule has 0 amide bonds. The average molecular weight is 295 g/mol. The van der Waals surface area contributed by atoms with E-state index < -0.39 is 0 Å². The Balaban J connectivity index is 2.84. The lowest BCUT2D eigenvalue weighted by atomic mass is 10.1. The zero-order valence-electron chi connectivity index (χ0n) is 14.0. The smallest absolute Gasteiger partial charge is 0.203 e. The average Bonchev–Trinajstić information content (AvgIpc) is 2.47. The minimum Gasteiger partial charge on any atom is -0.493 e. The Bertz CT molecular complexity index is 393. The second-order valence-electron chi connectivity index (χ2n) is 5.56. The maximum Gasteiger partial charge on any atom is 0.203 e. The molecule has 0 aliphatic rings. The van der Waals surface area contributed by atoms with Crippen LogP contribution >= 0.6 is 0 Å². The number of rotatable bonds is 10. The van der Waals surface area contributed by atoms with Gasteiger partial charge in [0, 0.05) is 6.54 Å². The van der Waals surface area contributed by atoms with Crippen LogP contribution < -0.4 is 19.5 Å². The first-order valence-electron chi connectivity index (χ1n) is 7.70. The minimum absolute atomic E-state index is 0.630. The van der Waals surface area contributed by atoms with Crippen molar-refractivity contribution < 1.29 is 14.2 Å². The van der Waals surface area contributed by atoms with Crippen LogP contribution in [0, 0.1) is 5.92 Å². The van der Waals surface area contributed by atoms with E-state index in [0.717, 1.165) is 43.0 Å². The van der Waals surface area contributed by atoms with E-state index in [1.165, 1.54) is 0 Å². The molecule has 0 bridgehead atoms. The molecule has 4 nitrogen and oxygen atoms in total. The van der Waals surface area contributed by atoms with Crippen LogP contribution in [0.15, 0.2) is 12.1 Å². The highest BCUT2D eigenvalue weighted by Gasteiger charge is 2.14. The molecule has 1 rings (SSSR count). The standard InChI is InChI=1S/C17H29NO3/c1-6-7-8-21-17-15(19-4)9-14(10-16(17)20-5)12-18-11-13(2)3/h9-10,13,18H,6-8,11-12H2,1-5H3. The third kappa shape index (κ3) is 5.84. The molecule has 1 aromatic rings. The van der Waals surface area contributed by atoms with Gasteiger partial charge < -0.3 is 19.5 Å². The molecule has 0 aromatic heterocycles. The first-order valence-corrected chi connectivity index (χ1v) is 7.70. The second-order valence-corrected chi connectivity index (χ2v) is 5.56. The summed E-state index contributed by atoms with van der Waals surface area (Å²) in [5.74, 6) is 2.78. The third-order valence-electron chi connectivity index (χ3n) is 3.15. The molecule has 4 heteroatoms. The normalized spacial score (nSPS) is 10.8. The molecule has 0 heterocycles. The molecule has 0 atom stereocenters. The summed E-state index contributed by atoms with van der Waals surface area (Å²) in [6.07, 6.45) is 2.12. The van der Waals surface area contributed by atoms with Crippen molar-refractivity contribution >= 4 is 0 Å². The molecule has 0 radical (unpaired) electrons. The lowest BCUT2D eigenvalue weighted by Crippen LogP contribution is -2.19. The Morgan fingerprint density at radius 3 is 2.19 bits per heavy atom. The van der Waals surface area contributed by atoms with Crippen molar-refractivity contribution in [2.45, 2.75) is 40.2 Å². The largest absolute Gasteiger partial charge is 0.493 e. The van der Waals surface area contributed by atoms with Crippen molar-refractivity contribution in [1.82, 2.24) is 5.32 Å². The van der Waals surface area contributed by atoms with E-state index in [9.17, 15) is 0 Å². The van der Waals surface area contributed by atoms with Gasteiger partial charge in [-0.05, 0) is 36.6 Å². The fourth-order valence-electron chi connectivity index (χ4n) is 2.00. The van der Waals surface area contributed by atoms with Gasteiger partial charge in [0.1, 0.15) is 0 Å². The summed E-state index contributed by atoms with van der Waals surface area (Å²) < 4.78 is 16.7. The molecule has 0 unspecified atom stereocenters. The van der Waals surface area contributed by atoms with Gasteiger partial charge >= 0.3 is 0 Å². The topological polar surface area (TPSA) is 39.7 Å². The number of benzene rings is 1. The van der Waals surface area contributed by atoms with Crippen LogP contribution in [0.2, 0.25) is 0 Å². The third-order valence-corrected chi connectivity index (χ3v) is 3.15. The summed E-state index contributed by atoms with van der Waals surface area (Å²) in [4.78, 5) is 0. The summed E-state index contributed by atoms with van der Waals surface area (Å²) in [5.41, 5.74) is 1.13. The van der Waals surface area contributed by atoms with E-state index in [1.807, 2.05) is 12.1 Å². The SMILES string of the molecule is CCCCOc1c(OC)cc(CNCC(C)C)cc1OC. The summed E-state index contributed by atoms with van der Waals surface area (Å²) in [7, 11) is 3.32. The quantitative estimate of drug-likeness (QED) is 0.669. The fraction of sp³-hybridized carbons (Fsp3) is 0.647. The Hall–Kier alpha value is -1.42. The number of hydrogen-bond donors (Lipinski definition) is 1. The Morgan fingerprint density at radius 2 is 1.71 bits per heavy atom. The molecule has 0 saturated heterocycles. The van der Waals surface area contributed by atoms with Crippen molar-refractivity contribution in [2.75, 3.05) is 27.4 Å². The Kier molecular flexibility index (Phi) is 7.98. The zero-order valence-corrected chi connectivity index (χ0v) is 14.0. The molecule has 120 valence electrons. The van der Waals surface area contributed by atoms with Crippen molar-refractivity contribution in [1.29, 1.82) is 0 Å². The second kappa shape index (κ2) is 9.50. The number of unbranched alkanes of at least 4 members (excludes halogenated alkanes) is 1. The van der Waals surface area contributed by atoms with Gasteiger partial charge in [0.05, 0.1) is 20.8 Å². The molecular formula is C17H29NO3. The van der Waals surface area contributed by atoms with Crippen molar-refractivity contribution in [3.05, 3.63) is 17.7 Å². The Morgan fingerprint density at radius 1 is 1.10 bits per heavy atom. The van der Waals surface area contributed by atoms with Crippen LogP contribution in [-0.4, -0.2) is 27.4 Å². The molecule has 0 fully saturated rings. The summed E-state index contributed by atoms with van der Waals surface area (Å²) in [5, 5.41) is 3.42. The van der Waals surface area contributed by atoms with Crippen molar-refractivity contribution in [3.8, 4) is 17.2 Å². The maximum atomic E-state index is 5.82. The molecule has 0 aliphatic carbocycles. The predicted molar refractivity (Wildman–Crippen MR) is 86.5 cm³/mol. The van der Waals surface area contributed by atoms with Gasteiger partial charge in [-0.1, -0.05) is 27.2 Å². The molecule has 1 aromatic carbocycles. The van der Waals surface area contributed by atoms with Gasteiger partial charge in [-0.25, -0.2) is 0 Å². The lowest BCUT2D eigenvalue weighted by molar-refractivity contribution is 0.269. The highest BCUT2D eigenvalue weighted by molar-refractivity contribution is 5.53. The van der Waals surface area contributed by atoms with E-state index in [2.05, 4.69) is 26.1 Å². The van der Waals surface area contributed by atoms with Crippen LogP contribution in [0.5, 0.6) is 17.2 Å². The molecular weight excluding hydrogens is 266 g/mol. The van der Waals surface area contributed by atoms with Gasteiger partial charge in [0.25, 0.3) is 0 Å². The van der Waals surface area contributed by atoms with Gasteiger partial charge in [0.15, 0.2) is 11.5 Å². The number of ether oxygens (including phenoxy) is 3. The zero-order chi connectivity index (χ0) is 15.7. The molecule has 0 aliphatic heterocycles. The summed E-state index contributed by atoms with van der Waals surface area (Å²) in [6, 6.07) is 4.02. The van der Waals surface area contributed by atoms with Gasteiger partial charge in [-0.3, -0.25) is 0 Å². The van der Waals surface area contributed by atoms with E-state index in [4.69, 9.17) is 14.2 Å². The highest BCUT2D eigenvalue weighted by atomic mass is 16.5. The number of nitrogens with one attached hydrogen (secondary N) is 1. The van der Waals surface area contributed by atoms with Crippen molar-refractivity contribution in [2.24, 2.45) is 5.92 Å². The molecule has 0 saturated carbocycles. The first-order chi connectivity index (χ1) is 10.1. The molecule has 1 N–H and O–H groups in total. The summed E-state index contributed by atoms with van der Waals surface area (Å²) >= 11 is 0. The Labute approximate surface area is 128 Å². The van der Waals surface area contributed by atoms with Gasteiger partial charge in [-0.2, -0.15) is 0 Å². The van der Waals surface area contributed by atoms with Gasteiger partial charge in [-0.15, -0.1) is 0 Å². The van der Waals surface area contributed by atoms with Crippen molar-refractivity contribution in [3.63, 3.8) is 0 Å². The minimum atomic E-state index is 0.630. The molecule has 0 spiro atoms. The fourth-order valence-corrected chi connectivity index (χ4v) is 2.00. The van der Waals surface area contributed by atoms with E-state index in [-0.39, 0.29) is 0 Å². The van der Waals surface area contributed by atoms with Crippen LogP contribution in [0.4, 0.5) is 0 Å². The van der Waals surface area contributed by atoms with E-state index in [1.54, 1.807) is 14.2 Å².